The largest absolute Gasteiger partial charge is 0.497 e. The summed E-state index contributed by atoms with van der Waals surface area (Å²) in [7, 11) is 1.65. The van der Waals surface area contributed by atoms with Gasteiger partial charge in [-0.2, -0.15) is 0 Å². The van der Waals surface area contributed by atoms with Crippen molar-refractivity contribution in [2.45, 2.75) is 24.9 Å². The second-order valence-electron chi connectivity index (χ2n) is 6.07. The van der Waals surface area contributed by atoms with Gasteiger partial charge in [0, 0.05) is 17.6 Å². The lowest BCUT2D eigenvalue weighted by atomic mass is 10.0. The van der Waals surface area contributed by atoms with Crippen molar-refractivity contribution in [3.8, 4) is 5.75 Å². The Bertz CT molecular complexity index is 721. The van der Waals surface area contributed by atoms with E-state index in [1.54, 1.807) is 7.11 Å². The van der Waals surface area contributed by atoms with Crippen molar-refractivity contribution in [1.82, 2.24) is 16.2 Å². The van der Waals surface area contributed by atoms with Crippen LogP contribution < -0.4 is 20.9 Å². The van der Waals surface area contributed by atoms with Crippen molar-refractivity contribution >= 4 is 17.5 Å². The van der Waals surface area contributed by atoms with Gasteiger partial charge in [0.15, 0.2) is 0 Å². The predicted octanol–water partition coefficient (Wildman–Crippen LogP) is 2.62. The van der Waals surface area contributed by atoms with E-state index in [0.717, 1.165) is 28.3 Å². The zero-order valence-electron chi connectivity index (χ0n) is 14.1. The van der Waals surface area contributed by atoms with E-state index in [-0.39, 0.29) is 18.0 Å². The van der Waals surface area contributed by atoms with Crippen molar-refractivity contribution in [2.24, 2.45) is 0 Å². The van der Waals surface area contributed by atoms with Gasteiger partial charge in [-0.25, -0.2) is 10.9 Å². The zero-order chi connectivity index (χ0) is 17.6. The highest BCUT2D eigenvalue weighted by Crippen LogP contribution is 2.25. The highest BCUT2D eigenvalue weighted by molar-refractivity contribution is 6.30. The third-order valence-corrected chi connectivity index (χ3v) is 4.59. The summed E-state index contributed by atoms with van der Waals surface area (Å²) in [6.45, 7) is 0.600. The molecule has 3 N–H and O–H groups in total. The molecule has 1 aliphatic heterocycles. The molecule has 1 heterocycles. The Hall–Kier alpha value is -2.08. The fraction of sp³-hybridized carbons (Fsp3) is 0.316. The minimum Gasteiger partial charge on any atom is -0.497 e. The molecule has 1 fully saturated rings. The summed E-state index contributed by atoms with van der Waals surface area (Å²) < 4.78 is 5.26. The Balaban J connectivity index is 1.48. The van der Waals surface area contributed by atoms with Crippen LogP contribution in [0.5, 0.6) is 5.75 Å². The quantitative estimate of drug-likeness (QED) is 0.742. The lowest BCUT2D eigenvalue weighted by molar-refractivity contribution is -0.122. The number of hydrogen-bond donors (Lipinski definition) is 3. The van der Waals surface area contributed by atoms with Crippen LogP contribution in [-0.2, 0) is 11.2 Å². The van der Waals surface area contributed by atoms with Crippen LogP contribution in [0.15, 0.2) is 48.5 Å². The average molecular weight is 360 g/mol. The smallest absolute Gasteiger partial charge is 0.238 e. The van der Waals surface area contributed by atoms with Crippen molar-refractivity contribution in [1.29, 1.82) is 0 Å². The zero-order valence-corrected chi connectivity index (χ0v) is 14.8. The number of carbonyl (C=O) groups is 1. The number of hydrazine groups is 1. The Labute approximate surface area is 152 Å². The maximum Gasteiger partial charge on any atom is 0.238 e. The first-order valence-corrected chi connectivity index (χ1v) is 8.70. The molecule has 25 heavy (non-hydrogen) atoms. The summed E-state index contributed by atoms with van der Waals surface area (Å²) in [6, 6.07) is 15.4. The number of benzene rings is 2. The molecule has 0 aliphatic carbocycles. The van der Waals surface area contributed by atoms with Crippen LogP contribution in [0.3, 0.4) is 0 Å². The third kappa shape index (κ3) is 4.72. The molecule has 2 aromatic carbocycles. The normalized spacial score (nSPS) is 19.6. The number of rotatable bonds is 6. The summed E-state index contributed by atoms with van der Waals surface area (Å²) in [4.78, 5) is 12.3. The molecule has 132 valence electrons. The van der Waals surface area contributed by atoms with E-state index in [2.05, 4.69) is 16.2 Å². The fourth-order valence-corrected chi connectivity index (χ4v) is 3.04. The fourth-order valence-electron chi connectivity index (χ4n) is 2.91. The Morgan fingerprint density at radius 2 is 2.04 bits per heavy atom. The summed E-state index contributed by atoms with van der Waals surface area (Å²) >= 11 is 5.87. The molecule has 0 bridgehead atoms. The van der Waals surface area contributed by atoms with E-state index in [9.17, 15) is 4.79 Å². The molecule has 2 unspecified atom stereocenters. The molecular formula is C19H22ClN3O2. The second-order valence-corrected chi connectivity index (χ2v) is 6.51. The maximum atomic E-state index is 12.3. The van der Waals surface area contributed by atoms with Gasteiger partial charge < -0.3 is 10.1 Å². The third-order valence-electron chi connectivity index (χ3n) is 4.34. The Morgan fingerprint density at radius 3 is 2.80 bits per heavy atom. The standard InChI is InChI=1S/C19H22ClN3O2/c1-25-16-4-2-3-14(11-16)17-12-18(23-22-17)19(24)21-10-9-13-5-7-15(20)8-6-13/h2-8,11,17-18,22-23H,9-10,12H2,1H3,(H,21,24). The molecule has 0 spiro atoms. The Kier molecular flexibility index (Phi) is 5.91. The molecule has 6 heteroatoms. The van der Waals surface area contributed by atoms with Crippen LogP contribution in [0.4, 0.5) is 0 Å². The number of halogens is 1. The van der Waals surface area contributed by atoms with E-state index in [0.29, 0.717) is 13.0 Å². The second kappa shape index (κ2) is 8.34. The topological polar surface area (TPSA) is 62.4 Å². The minimum absolute atomic E-state index is 0.00635. The maximum absolute atomic E-state index is 12.3. The highest BCUT2D eigenvalue weighted by Gasteiger charge is 2.29. The van der Waals surface area contributed by atoms with Gasteiger partial charge in [-0.1, -0.05) is 35.9 Å². The summed E-state index contributed by atoms with van der Waals surface area (Å²) in [5, 5.41) is 3.70. The molecular weight excluding hydrogens is 338 g/mol. The molecule has 2 atom stereocenters. The lowest BCUT2D eigenvalue weighted by Gasteiger charge is -2.11. The molecule has 0 saturated carbocycles. The van der Waals surface area contributed by atoms with Crippen molar-refractivity contribution in [3.63, 3.8) is 0 Å². The highest BCUT2D eigenvalue weighted by atomic mass is 35.5. The molecule has 5 nitrogen and oxygen atoms in total. The number of ether oxygens (including phenoxy) is 1. The average Bonchev–Trinajstić information content (AvgIpc) is 3.14. The van der Waals surface area contributed by atoms with Crippen LogP contribution in [0.2, 0.25) is 5.02 Å². The molecule has 1 amide bonds. The monoisotopic (exact) mass is 359 g/mol. The van der Waals surface area contributed by atoms with Crippen LogP contribution in [-0.4, -0.2) is 25.6 Å². The molecule has 0 radical (unpaired) electrons. The van der Waals surface area contributed by atoms with Gasteiger partial charge >= 0.3 is 0 Å². The van der Waals surface area contributed by atoms with E-state index in [1.807, 2.05) is 48.5 Å². The van der Waals surface area contributed by atoms with Crippen molar-refractivity contribution in [2.75, 3.05) is 13.7 Å². The summed E-state index contributed by atoms with van der Waals surface area (Å²) in [5.41, 5.74) is 8.52. The van der Waals surface area contributed by atoms with E-state index >= 15 is 0 Å². The number of methoxy groups -OCH3 is 1. The first kappa shape index (κ1) is 17.7. The van der Waals surface area contributed by atoms with E-state index in [4.69, 9.17) is 16.3 Å². The van der Waals surface area contributed by atoms with E-state index < -0.39 is 0 Å². The van der Waals surface area contributed by atoms with Gasteiger partial charge in [0.2, 0.25) is 5.91 Å². The molecule has 0 aromatic heterocycles. The number of carbonyl (C=O) groups excluding carboxylic acids is 1. The van der Waals surface area contributed by atoms with Crippen LogP contribution in [0.25, 0.3) is 0 Å². The molecule has 1 saturated heterocycles. The van der Waals surface area contributed by atoms with Gasteiger partial charge in [0.1, 0.15) is 11.8 Å². The first-order valence-electron chi connectivity index (χ1n) is 8.33. The minimum atomic E-state index is -0.249. The molecule has 1 aliphatic rings. The Morgan fingerprint density at radius 1 is 1.24 bits per heavy atom. The summed E-state index contributed by atoms with van der Waals surface area (Å²) in [6.07, 6.45) is 1.47. The number of nitrogens with one attached hydrogen (secondary N) is 3. The van der Waals surface area contributed by atoms with Gasteiger partial charge in [-0.05, 0) is 48.2 Å². The lowest BCUT2D eigenvalue weighted by Crippen LogP contribution is -2.43. The first-order chi connectivity index (χ1) is 12.2. The van der Waals surface area contributed by atoms with E-state index in [1.165, 1.54) is 0 Å². The van der Waals surface area contributed by atoms with Gasteiger partial charge in [0.25, 0.3) is 0 Å². The molecule has 3 rings (SSSR count). The van der Waals surface area contributed by atoms with Gasteiger partial charge in [-0.3, -0.25) is 4.79 Å². The van der Waals surface area contributed by atoms with Crippen molar-refractivity contribution < 1.29 is 9.53 Å². The van der Waals surface area contributed by atoms with Gasteiger partial charge in [0.05, 0.1) is 7.11 Å². The van der Waals surface area contributed by atoms with Crippen LogP contribution in [0.1, 0.15) is 23.6 Å². The SMILES string of the molecule is COc1cccc(C2CC(C(=O)NCCc3ccc(Cl)cc3)NN2)c1. The summed E-state index contributed by atoms with van der Waals surface area (Å²) in [5.74, 6) is 0.821. The van der Waals surface area contributed by atoms with Crippen LogP contribution >= 0.6 is 11.6 Å². The predicted molar refractivity (Wildman–Crippen MR) is 98.6 cm³/mol. The van der Waals surface area contributed by atoms with Gasteiger partial charge in [-0.15, -0.1) is 0 Å². The number of hydrogen-bond acceptors (Lipinski definition) is 4. The number of amides is 1. The molecule has 2 aromatic rings. The van der Waals surface area contributed by atoms with Crippen molar-refractivity contribution in [3.05, 3.63) is 64.7 Å². The van der Waals surface area contributed by atoms with Crippen LogP contribution in [0, 0.1) is 0 Å².